The summed E-state index contributed by atoms with van der Waals surface area (Å²) in [6, 6.07) is -0.202. The number of nitrogens with zero attached hydrogens (tertiary/aromatic N) is 1. The number of likely N-dealkylation sites (tertiary alicyclic amines) is 1. The summed E-state index contributed by atoms with van der Waals surface area (Å²) < 4.78 is 0. The summed E-state index contributed by atoms with van der Waals surface area (Å²) in [5, 5.41) is 9.50. The fraction of sp³-hybridized carbons (Fsp3) is 0.929. The van der Waals surface area contributed by atoms with Gasteiger partial charge in [0.05, 0.1) is 0 Å². The molecular weight excluding hydrogens is 214 g/mol. The zero-order chi connectivity index (χ0) is 12.3. The number of carboxylic acid groups (broad SMARTS) is 1. The molecule has 98 valence electrons. The molecule has 3 nitrogen and oxygen atoms in total. The summed E-state index contributed by atoms with van der Waals surface area (Å²) in [5.41, 5.74) is 0. The summed E-state index contributed by atoms with van der Waals surface area (Å²) in [6.07, 6.45) is 8.34. The minimum Gasteiger partial charge on any atom is -0.480 e. The average Bonchev–Trinajstić information content (AvgIpc) is 2.79. The molecule has 0 amide bonds. The number of aliphatic carboxylic acids is 1. The van der Waals surface area contributed by atoms with E-state index in [1.807, 2.05) is 0 Å². The maximum Gasteiger partial charge on any atom is 0.321 e. The number of hydrogen-bond acceptors (Lipinski definition) is 2. The Morgan fingerprint density at radius 3 is 2.53 bits per heavy atom. The van der Waals surface area contributed by atoms with Crippen LogP contribution in [0, 0.1) is 11.8 Å². The molecule has 2 fully saturated rings. The number of rotatable bonds is 4. The second kappa shape index (κ2) is 5.85. The van der Waals surface area contributed by atoms with Gasteiger partial charge in [0.1, 0.15) is 6.04 Å². The van der Waals surface area contributed by atoms with Gasteiger partial charge in [-0.05, 0) is 37.6 Å². The first kappa shape index (κ1) is 12.9. The van der Waals surface area contributed by atoms with Crippen molar-refractivity contribution in [2.45, 2.75) is 57.9 Å². The second-order valence-corrected chi connectivity index (χ2v) is 5.74. The van der Waals surface area contributed by atoms with Crippen LogP contribution in [0.5, 0.6) is 0 Å². The van der Waals surface area contributed by atoms with E-state index < -0.39 is 5.97 Å². The van der Waals surface area contributed by atoms with Crippen molar-refractivity contribution in [2.75, 3.05) is 13.1 Å². The number of hydrogen-bond donors (Lipinski definition) is 1. The molecule has 0 bridgehead atoms. The third-order valence-electron chi connectivity index (χ3n) is 4.64. The monoisotopic (exact) mass is 239 g/mol. The van der Waals surface area contributed by atoms with Crippen LogP contribution in [0.2, 0.25) is 0 Å². The van der Waals surface area contributed by atoms with Gasteiger partial charge in [0, 0.05) is 6.54 Å². The van der Waals surface area contributed by atoms with Crippen molar-refractivity contribution in [3.05, 3.63) is 0 Å². The predicted octanol–water partition coefficient (Wildman–Crippen LogP) is 2.75. The molecule has 0 spiro atoms. The Hall–Kier alpha value is -0.570. The first-order chi connectivity index (χ1) is 8.22. The fourth-order valence-electron chi connectivity index (χ4n) is 3.55. The Labute approximate surface area is 104 Å². The SMILES string of the molecule is CC[C@@H]1CCN([C@@H](C(=O)O)C2CCCCC2)C1. The van der Waals surface area contributed by atoms with Crippen LogP contribution in [0.4, 0.5) is 0 Å². The van der Waals surface area contributed by atoms with Crippen LogP contribution in [-0.2, 0) is 4.79 Å². The second-order valence-electron chi connectivity index (χ2n) is 5.74. The van der Waals surface area contributed by atoms with E-state index in [2.05, 4.69) is 11.8 Å². The van der Waals surface area contributed by atoms with Gasteiger partial charge in [-0.15, -0.1) is 0 Å². The normalized spacial score (nSPS) is 29.4. The van der Waals surface area contributed by atoms with Crippen LogP contribution in [-0.4, -0.2) is 35.1 Å². The first-order valence-corrected chi connectivity index (χ1v) is 7.19. The Kier molecular flexibility index (Phi) is 4.43. The summed E-state index contributed by atoms with van der Waals surface area (Å²) >= 11 is 0. The van der Waals surface area contributed by atoms with Crippen LogP contribution in [0.1, 0.15) is 51.9 Å². The van der Waals surface area contributed by atoms with Crippen molar-refractivity contribution >= 4 is 5.97 Å². The number of carboxylic acids is 1. The molecule has 3 heteroatoms. The van der Waals surface area contributed by atoms with Gasteiger partial charge in [0.25, 0.3) is 0 Å². The predicted molar refractivity (Wildman–Crippen MR) is 68.0 cm³/mol. The molecule has 0 aromatic heterocycles. The summed E-state index contributed by atoms with van der Waals surface area (Å²) in [4.78, 5) is 13.8. The molecule has 1 heterocycles. The van der Waals surface area contributed by atoms with Crippen LogP contribution in [0.25, 0.3) is 0 Å². The fourth-order valence-corrected chi connectivity index (χ4v) is 3.55. The van der Waals surface area contributed by atoms with Gasteiger partial charge in [-0.25, -0.2) is 0 Å². The molecule has 1 saturated carbocycles. The Morgan fingerprint density at radius 1 is 1.29 bits per heavy atom. The first-order valence-electron chi connectivity index (χ1n) is 7.19. The molecule has 17 heavy (non-hydrogen) atoms. The largest absolute Gasteiger partial charge is 0.480 e. The summed E-state index contributed by atoms with van der Waals surface area (Å²) in [7, 11) is 0. The third kappa shape index (κ3) is 3.01. The van der Waals surface area contributed by atoms with Gasteiger partial charge >= 0.3 is 5.97 Å². The van der Waals surface area contributed by atoms with Crippen molar-refractivity contribution in [2.24, 2.45) is 11.8 Å². The standard InChI is InChI=1S/C14H25NO2/c1-2-11-8-9-15(10-11)13(14(16)17)12-6-4-3-5-7-12/h11-13H,2-10H2,1H3,(H,16,17)/t11-,13-/m1/s1. The highest BCUT2D eigenvalue weighted by molar-refractivity contribution is 5.74. The highest BCUT2D eigenvalue weighted by Gasteiger charge is 2.37. The maximum absolute atomic E-state index is 11.5. The van der Waals surface area contributed by atoms with Gasteiger partial charge in [-0.2, -0.15) is 0 Å². The van der Waals surface area contributed by atoms with Crippen molar-refractivity contribution in [3.63, 3.8) is 0 Å². The quantitative estimate of drug-likeness (QED) is 0.820. The van der Waals surface area contributed by atoms with Gasteiger partial charge in [-0.3, -0.25) is 9.69 Å². The van der Waals surface area contributed by atoms with Crippen molar-refractivity contribution in [1.82, 2.24) is 4.90 Å². The van der Waals surface area contributed by atoms with Gasteiger partial charge in [0.15, 0.2) is 0 Å². The molecule has 0 aromatic carbocycles. The summed E-state index contributed by atoms with van der Waals surface area (Å²) in [5.74, 6) is 0.533. The lowest BCUT2D eigenvalue weighted by molar-refractivity contribution is -0.145. The van der Waals surface area contributed by atoms with Crippen molar-refractivity contribution < 1.29 is 9.90 Å². The molecule has 2 aliphatic rings. The van der Waals surface area contributed by atoms with E-state index >= 15 is 0 Å². The van der Waals surface area contributed by atoms with Crippen LogP contribution < -0.4 is 0 Å². The van der Waals surface area contributed by atoms with E-state index in [0.717, 1.165) is 31.8 Å². The van der Waals surface area contributed by atoms with E-state index in [1.165, 1.54) is 32.1 Å². The van der Waals surface area contributed by atoms with Crippen LogP contribution >= 0.6 is 0 Å². The van der Waals surface area contributed by atoms with Crippen molar-refractivity contribution in [3.8, 4) is 0 Å². The third-order valence-corrected chi connectivity index (χ3v) is 4.64. The smallest absolute Gasteiger partial charge is 0.321 e. The summed E-state index contributed by atoms with van der Waals surface area (Å²) in [6.45, 7) is 4.21. The highest BCUT2D eigenvalue weighted by Crippen LogP contribution is 2.32. The van der Waals surface area contributed by atoms with E-state index in [4.69, 9.17) is 0 Å². The Bertz CT molecular complexity index is 261. The lowest BCUT2D eigenvalue weighted by atomic mass is 9.83. The minimum absolute atomic E-state index is 0.202. The molecule has 1 aliphatic carbocycles. The molecule has 2 rings (SSSR count). The molecule has 0 aromatic rings. The molecular formula is C14H25NO2. The maximum atomic E-state index is 11.5. The number of carbonyl (C=O) groups is 1. The van der Waals surface area contributed by atoms with Gasteiger partial charge in [0.2, 0.25) is 0 Å². The highest BCUT2D eigenvalue weighted by atomic mass is 16.4. The van der Waals surface area contributed by atoms with Crippen LogP contribution in [0.15, 0.2) is 0 Å². The minimum atomic E-state index is -0.589. The molecule has 0 unspecified atom stereocenters. The molecule has 2 atom stereocenters. The van der Waals surface area contributed by atoms with E-state index in [0.29, 0.717) is 5.92 Å². The molecule has 1 saturated heterocycles. The van der Waals surface area contributed by atoms with E-state index in [-0.39, 0.29) is 6.04 Å². The molecule has 1 aliphatic heterocycles. The Morgan fingerprint density at radius 2 is 2.00 bits per heavy atom. The molecule has 1 N–H and O–H groups in total. The zero-order valence-corrected chi connectivity index (χ0v) is 10.9. The van der Waals surface area contributed by atoms with E-state index in [9.17, 15) is 9.90 Å². The van der Waals surface area contributed by atoms with Gasteiger partial charge < -0.3 is 5.11 Å². The average molecular weight is 239 g/mol. The van der Waals surface area contributed by atoms with E-state index in [1.54, 1.807) is 0 Å². The lowest BCUT2D eigenvalue weighted by Gasteiger charge is -2.33. The zero-order valence-electron chi connectivity index (χ0n) is 10.9. The topological polar surface area (TPSA) is 40.5 Å². The van der Waals surface area contributed by atoms with Crippen molar-refractivity contribution in [1.29, 1.82) is 0 Å². The lowest BCUT2D eigenvalue weighted by Crippen LogP contribution is -2.45. The van der Waals surface area contributed by atoms with Gasteiger partial charge in [-0.1, -0.05) is 32.6 Å². The Balaban J connectivity index is 1.99. The molecule has 0 radical (unpaired) electrons. The van der Waals surface area contributed by atoms with Crippen LogP contribution in [0.3, 0.4) is 0 Å².